The van der Waals surface area contributed by atoms with Crippen molar-refractivity contribution in [1.29, 1.82) is 0 Å². The Morgan fingerprint density at radius 2 is 1.43 bits per heavy atom. The fourth-order valence-corrected chi connectivity index (χ4v) is 3.59. The number of aliphatic hydroxyl groups is 1. The van der Waals surface area contributed by atoms with Crippen molar-refractivity contribution < 1.29 is 28.8 Å². The van der Waals surface area contributed by atoms with Gasteiger partial charge in [0, 0.05) is 0 Å². The van der Waals surface area contributed by atoms with Crippen LogP contribution < -0.4 is 0 Å². The number of hydrogen-bond donors (Lipinski definition) is 1. The molecule has 0 aliphatic carbocycles. The lowest BCUT2D eigenvalue weighted by Crippen LogP contribution is -2.63. The maximum atomic E-state index is 10.6. The van der Waals surface area contributed by atoms with Crippen molar-refractivity contribution in [1.82, 2.24) is 0 Å². The zero-order valence-electron chi connectivity index (χ0n) is 15.8. The van der Waals surface area contributed by atoms with Crippen LogP contribution in [-0.4, -0.2) is 48.7 Å². The van der Waals surface area contributed by atoms with Crippen LogP contribution in [0.2, 0.25) is 0 Å². The molecule has 2 aromatic carbocycles. The second kappa shape index (κ2) is 9.13. The summed E-state index contributed by atoms with van der Waals surface area (Å²) in [4.78, 5) is 0. The molecule has 0 bridgehead atoms. The van der Waals surface area contributed by atoms with Crippen molar-refractivity contribution in [2.45, 2.75) is 57.1 Å². The van der Waals surface area contributed by atoms with Gasteiger partial charge in [0.15, 0.2) is 12.6 Å². The first-order valence-corrected chi connectivity index (χ1v) is 9.62. The van der Waals surface area contributed by atoms with E-state index in [4.69, 9.17) is 23.7 Å². The SMILES string of the molecule is C[C@@H]1OC[C@H]2O[C@H](O)[C@H](OCc3ccccc3)[C@@H](OCc3ccccc3)[C@@H]2O1. The van der Waals surface area contributed by atoms with Crippen molar-refractivity contribution in [3.05, 3.63) is 71.8 Å². The zero-order chi connectivity index (χ0) is 19.3. The van der Waals surface area contributed by atoms with E-state index in [1.54, 1.807) is 0 Å². The lowest BCUT2D eigenvalue weighted by atomic mass is 9.97. The third-order valence-corrected chi connectivity index (χ3v) is 5.02. The molecule has 2 aliphatic heterocycles. The zero-order valence-corrected chi connectivity index (χ0v) is 15.8. The largest absolute Gasteiger partial charge is 0.368 e. The Bertz CT molecular complexity index is 724. The van der Waals surface area contributed by atoms with E-state index >= 15 is 0 Å². The average Bonchev–Trinajstić information content (AvgIpc) is 2.73. The summed E-state index contributed by atoms with van der Waals surface area (Å²) < 4.78 is 29.5. The summed E-state index contributed by atoms with van der Waals surface area (Å²) in [6.07, 6.45) is -3.41. The van der Waals surface area contributed by atoms with E-state index in [-0.39, 0.29) is 12.4 Å². The minimum atomic E-state index is -1.12. The van der Waals surface area contributed by atoms with Crippen LogP contribution >= 0.6 is 0 Å². The maximum absolute atomic E-state index is 10.6. The number of benzene rings is 2. The van der Waals surface area contributed by atoms with Gasteiger partial charge >= 0.3 is 0 Å². The molecule has 150 valence electrons. The molecule has 1 N–H and O–H groups in total. The van der Waals surface area contributed by atoms with Crippen molar-refractivity contribution in [2.24, 2.45) is 0 Å². The first-order valence-electron chi connectivity index (χ1n) is 9.62. The molecule has 2 saturated heterocycles. The smallest absolute Gasteiger partial charge is 0.184 e. The van der Waals surface area contributed by atoms with Gasteiger partial charge in [-0.25, -0.2) is 0 Å². The highest BCUT2D eigenvalue weighted by atomic mass is 16.7. The van der Waals surface area contributed by atoms with Gasteiger partial charge in [0.2, 0.25) is 0 Å². The normalized spacial score (nSPS) is 32.6. The summed E-state index contributed by atoms with van der Waals surface area (Å²) in [5.74, 6) is 0. The van der Waals surface area contributed by atoms with Crippen LogP contribution in [0.4, 0.5) is 0 Å². The molecule has 6 heteroatoms. The molecular weight excluding hydrogens is 360 g/mol. The average molecular weight is 386 g/mol. The van der Waals surface area contributed by atoms with Gasteiger partial charge in [0.1, 0.15) is 24.4 Å². The Labute approximate surface area is 164 Å². The van der Waals surface area contributed by atoms with Crippen LogP contribution in [0, 0.1) is 0 Å². The summed E-state index contributed by atoms with van der Waals surface area (Å²) >= 11 is 0. The molecule has 2 heterocycles. The van der Waals surface area contributed by atoms with E-state index in [0.717, 1.165) is 11.1 Å². The Morgan fingerprint density at radius 1 is 0.857 bits per heavy atom. The van der Waals surface area contributed by atoms with Gasteiger partial charge in [-0.3, -0.25) is 0 Å². The van der Waals surface area contributed by atoms with E-state index in [1.807, 2.05) is 67.6 Å². The minimum absolute atomic E-state index is 0.347. The molecule has 2 fully saturated rings. The highest BCUT2D eigenvalue weighted by Gasteiger charge is 2.50. The molecule has 0 unspecified atom stereocenters. The Hall–Kier alpha value is -1.80. The van der Waals surface area contributed by atoms with E-state index < -0.39 is 24.6 Å². The summed E-state index contributed by atoms with van der Waals surface area (Å²) in [5.41, 5.74) is 2.06. The number of fused-ring (bicyclic) bond motifs is 1. The topological polar surface area (TPSA) is 66.4 Å². The number of hydrogen-bond acceptors (Lipinski definition) is 6. The molecule has 28 heavy (non-hydrogen) atoms. The predicted molar refractivity (Wildman–Crippen MR) is 101 cm³/mol. The molecular formula is C22H26O6. The van der Waals surface area contributed by atoms with E-state index in [9.17, 15) is 5.11 Å². The van der Waals surface area contributed by atoms with Gasteiger partial charge in [-0.05, 0) is 18.1 Å². The quantitative estimate of drug-likeness (QED) is 0.823. The second-order valence-corrected chi connectivity index (χ2v) is 7.09. The monoisotopic (exact) mass is 386 g/mol. The van der Waals surface area contributed by atoms with Crippen LogP contribution in [0.1, 0.15) is 18.1 Å². The highest BCUT2D eigenvalue weighted by molar-refractivity contribution is 5.14. The molecule has 0 amide bonds. The Morgan fingerprint density at radius 3 is 2.04 bits per heavy atom. The molecule has 0 radical (unpaired) electrons. The highest BCUT2D eigenvalue weighted by Crippen LogP contribution is 2.32. The molecule has 0 spiro atoms. The Balaban J connectivity index is 1.50. The van der Waals surface area contributed by atoms with E-state index in [1.165, 1.54) is 0 Å². The van der Waals surface area contributed by atoms with Crippen LogP contribution in [-0.2, 0) is 36.9 Å². The van der Waals surface area contributed by atoms with Gasteiger partial charge in [-0.1, -0.05) is 60.7 Å². The van der Waals surface area contributed by atoms with Gasteiger partial charge < -0.3 is 28.8 Å². The van der Waals surface area contributed by atoms with Gasteiger partial charge in [0.05, 0.1) is 19.8 Å². The second-order valence-electron chi connectivity index (χ2n) is 7.09. The standard InChI is InChI=1S/C22H26O6/c1-15-24-14-18-19(27-15)20(25-12-16-8-4-2-5-9-16)21(22(23)28-18)26-13-17-10-6-3-7-11-17/h2-11,15,18-23H,12-14H2,1H3/t15-,18-,19-,20+,21-,22+/m1/s1. The first kappa shape index (κ1) is 19.5. The molecule has 4 rings (SSSR count). The van der Waals surface area contributed by atoms with Crippen molar-refractivity contribution in [2.75, 3.05) is 6.61 Å². The van der Waals surface area contributed by atoms with E-state index in [2.05, 4.69) is 0 Å². The summed E-state index contributed by atoms with van der Waals surface area (Å²) in [6.45, 7) is 2.93. The van der Waals surface area contributed by atoms with Crippen LogP contribution in [0.3, 0.4) is 0 Å². The van der Waals surface area contributed by atoms with Crippen LogP contribution in [0.25, 0.3) is 0 Å². The van der Waals surface area contributed by atoms with E-state index in [0.29, 0.717) is 19.8 Å². The molecule has 0 saturated carbocycles. The van der Waals surface area contributed by atoms with Gasteiger partial charge in [-0.2, -0.15) is 0 Å². The maximum Gasteiger partial charge on any atom is 0.184 e. The van der Waals surface area contributed by atoms with Crippen LogP contribution in [0.15, 0.2) is 60.7 Å². The molecule has 2 aromatic rings. The van der Waals surface area contributed by atoms with Gasteiger partial charge in [0.25, 0.3) is 0 Å². The molecule has 0 aromatic heterocycles. The Kier molecular flexibility index (Phi) is 6.36. The number of rotatable bonds is 6. The van der Waals surface area contributed by atoms with Crippen LogP contribution in [0.5, 0.6) is 0 Å². The van der Waals surface area contributed by atoms with Crippen molar-refractivity contribution >= 4 is 0 Å². The molecule has 6 atom stereocenters. The lowest BCUT2D eigenvalue weighted by Gasteiger charge is -2.47. The fraction of sp³-hybridized carbons (Fsp3) is 0.455. The number of ether oxygens (including phenoxy) is 5. The predicted octanol–water partition coefficient (Wildman–Crippen LogP) is 2.64. The number of aliphatic hydroxyl groups excluding tert-OH is 1. The third-order valence-electron chi connectivity index (χ3n) is 5.02. The lowest BCUT2D eigenvalue weighted by molar-refractivity contribution is -0.361. The van der Waals surface area contributed by atoms with Crippen molar-refractivity contribution in [3.8, 4) is 0 Å². The van der Waals surface area contributed by atoms with Gasteiger partial charge in [-0.15, -0.1) is 0 Å². The summed E-state index contributed by atoms with van der Waals surface area (Å²) in [6, 6.07) is 19.7. The fourth-order valence-electron chi connectivity index (χ4n) is 3.59. The minimum Gasteiger partial charge on any atom is -0.368 e. The third kappa shape index (κ3) is 4.60. The molecule has 2 aliphatic rings. The summed E-state index contributed by atoms with van der Waals surface area (Å²) in [5, 5.41) is 10.6. The van der Waals surface area contributed by atoms with Crippen molar-refractivity contribution in [3.63, 3.8) is 0 Å². The first-order chi connectivity index (χ1) is 13.7. The molecule has 6 nitrogen and oxygen atoms in total. The summed E-state index contributed by atoms with van der Waals surface area (Å²) in [7, 11) is 0.